The molecule has 1 fully saturated rings. The average Bonchev–Trinajstić information content (AvgIpc) is 2.77. The first-order valence-corrected chi connectivity index (χ1v) is 8.73. The summed E-state index contributed by atoms with van der Waals surface area (Å²) >= 11 is 0. The summed E-state index contributed by atoms with van der Waals surface area (Å²) in [6, 6.07) is 0. The second kappa shape index (κ2) is 5.58. The molecule has 2 rings (SSSR count). The van der Waals surface area contributed by atoms with Gasteiger partial charge in [0.2, 0.25) is 5.89 Å². The molecule has 0 aliphatic carbocycles. The van der Waals surface area contributed by atoms with Crippen LogP contribution in [0.3, 0.4) is 0 Å². The molecule has 19 heavy (non-hydrogen) atoms. The van der Waals surface area contributed by atoms with Gasteiger partial charge in [-0.3, -0.25) is 0 Å². The first-order valence-electron chi connectivity index (χ1n) is 6.67. The highest BCUT2D eigenvalue weighted by molar-refractivity contribution is 7.89. The number of nitrogens with zero attached hydrogens (tertiary/aromatic N) is 2. The van der Waals surface area contributed by atoms with E-state index in [1.165, 1.54) is 6.26 Å². The molecule has 1 aromatic heterocycles. The summed E-state index contributed by atoms with van der Waals surface area (Å²) in [5, 5.41) is 7.18. The lowest BCUT2D eigenvalue weighted by Gasteiger charge is -2.34. The van der Waals surface area contributed by atoms with E-state index in [4.69, 9.17) is 4.52 Å². The number of hydrogen-bond donors (Lipinski definition) is 1. The van der Waals surface area contributed by atoms with Gasteiger partial charge in [0.1, 0.15) is 5.75 Å². The summed E-state index contributed by atoms with van der Waals surface area (Å²) in [6.07, 6.45) is 5.26. The van der Waals surface area contributed by atoms with Gasteiger partial charge in [-0.25, -0.2) is 8.42 Å². The Hall–Kier alpha value is -0.950. The number of piperidine rings is 1. The molecule has 0 radical (unpaired) electrons. The predicted octanol–water partition coefficient (Wildman–Crippen LogP) is 1.04. The van der Waals surface area contributed by atoms with Crippen molar-refractivity contribution in [3.8, 4) is 0 Å². The number of sulfone groups is 1. The predicted molar refractivity (Wildman–Crippen MR) is 71.5 cm³/mol. The molecule has 0 amide bonds. The Bertz CT molecular complexity index is 513. The summed E-state index contributed by atoms with van der Waals surface area (Å²) in [5.74, 6) is 0.685. The highest BCUT2D eigenvalue weighted by Crippen LogP contribution is 2.34. The molecule has 6 nitrogen and oxygen atoms in total. The maximum absolute atomic E-state index is 11.3. The molecule has 1 N–H and O–H groups in total. The van der Waals surface area contributed by atoms with Gasteiger partial charge in [-0.15, -0.1) is 0 Å². The van der Waals surface area contributed by atoms with Crippen LogP contribution in [0.2, 0.25) is 0 Å². The van der Waals surface area contributed by atoms with Gasteiger partial charge in [0.05, 0.1) is 5.41 Å². The van der Waals surface area contributed by atoms with Gasteiger partial charge in [-0.2, -0.15) is 4.98 Å². The largest absolute Gasteiger partial charge is 0.339 e. The maximum Gasteiger partial charge on any atom is 0.234 e. The van der Waals surface area contributed by atoms with Gasteiger partial charge >= 0.3 is 0 Å². The molecule has 1 aromatic rings. The molecular weight excluding hydrogens is 266 g/mol. The Morgan fingerprint density at radius 2 is 2.26 bits per heavy atom. The Kier molecular flexibility index (Phi) is 4.25. The monoisotopic (exact) mass is 287 g/mol. The molecule has 1 aliphatic rings. The third-order valence-corrected chi connectivity index (χ3v) is 4.30. The fourth-order valence-corrected chi connectivity index (χ4v) is 3.30. The van der Waals surface area contributed by atoms with Gasteiger partial charge in [0.25, 0.3) is 0 Å². The molecule has 0 aromatic carbocycles. The summed E-state index contributed by atoms with van der Waals surface area (Å²) < 4.78 is 27.9. The first kappa shape index (κ1) is 14.5. The van der Waals surface area contributed by atoms with Crippen LogP contribution in [0.25, 0.3) is 0 Å². The Morgan fingerprint density at radius 1 is 1.47 bits per heavy atom. The van der Waals surface area contributed by atoms with E-state index >= 15 is 0 Å². The third kappa shape index (κ3) is 3.54. The van der Waals surface area contributed by atoms with Crippen molar-refractivity contribution in [2.45, 2.75) is 43.8 Å². The standard InChI is InChI=1S/C12H21N3O3S/c1-3-5-12(6-4-7-13-9-12)11-14-10(15-18-11)8-19(2,16)17/h13H,3-9H2,1-2H3. The molecule has 1 unspecified atom stereocenters. The quantitative estimate of drug-likeness (QED) is 0.871. The lowest BCUT2D eigenvalue weighted by molar-refractivity contribution is 0.213. The van der Waals surface area contributed by atoms with Crippen LogP contribution in [-0.4, -0.2) is 37.9 Å². The number of hydrogen-bond acceptors (Lipinski definition) is 6. The lowest BCUT2D eigenvalue weighted by Crippen LogP contribution is -2.43. The second-order valence-electron chi connectivity index (χ2n) is 5.40. The topological polar surface area (TPSA) is 85.1 Å². The van der Waals surface area contributed by atoms with E-state index in [2.05, 4.69) is 22.4 Å². The number of nitrogens with one attached hydrogen (secondary N) is 1. The third-order valence-electron chi connectivity index (χ3n) is 3.51. The zero-order valence-corrected chi connectivity index (χ0v) is 12.3. The van der Waals surface area contributed by atoms with Crippen molar-refractivity contribution in [2.24, 2.45) is 0 Å². The number of rotatable bonds is 5. The highest BCUT2D eigenvalue weighted by Gasteiger charge is 2.38. The molecule has 2 heterocycles. The van der Waals surface area contributed by atoms with Gasteiger partial charge in [0, 0.05) is 12.8 Å². The molecule has 7 heteroatoms. The van der Waals surface area contributed by atoms with Crippen molar-refractivity contribution in [2.75, 3.05) is 19.3 Å². The van der Waals surface area contributed by atoms with Crippen LogP contribution >= 0.6 is 0 Å². The van der Waals surface area contributed by atoms with Crippen molar-refractivity contribution in [3.63, 3.8) is 0 Å². The smallest absolute Gasteiger partial charge is 0.234 e. The van der Waals surface area contributed by atoms with E-state index in [0.717, 1.165) is 38.8 Å². The SMILES string of the molecule is CCCC1(c2nc(CS(C)(=O)=O)no2)CCCNC1. The minimum atomic E-state index is -3.13. The Morgan fingerprint density at radius 3 is 2.84 bits per heavy atom. The molecule has 0 saturated carbocycles. The highest BCUT2D eigenvalue weighted by atomic mass is 32.2. The maximum atomic E-state index is 11.3. The summed E-state index contributed by atoms with van der Waals surface area (Å²) in [4.78, 5) is 4.31. The van der Waals surface area contributed by atoms with Crippen molar-refractivity contribution in [1.29, 1.82) is 0 Å². The van der Waals surface area contributed by atoms with Gasteiger partial charge in [-0.1, -0.05) is 18.5 Å². The molecule has 0 spiro atoms. The van der Waals surface area contributed by atoms with Gasteiger partial charge in [0.15, 0.2) is 15.7 Å². The minimum Gasteiger partial charge on any atom is -0.339 e. The van der Waals surface area contributed by atoms with E-state index in [1.54, 1.807) is 0 Å². The number of aromatic nitrogens is 2. The van der Waals surface area contributed by atoms with Crippen LogP contribution in [0.5, 0.6) is 0 Å². The van der Waals surface area contributed by atoms with E-state index in [-0.39, 0.29) is 17.0 Å². The molecule has 1 saturated heterocycles. The average molecular weight is 287 g/mol. The molecular formula is C12H21N3O3S. The fraction of sp³-hybridized carbons (Fsp3) is 0.833. The molecule has 1 aliphatic heterocycles. The fourth-order valence-electron chi connectivity index (χ4n) is 2.71. The van der Waals surface area contributed by atoms with E-state index in [0.29, 0.717) is 5.89 Å². The summed E-state index contributed by atoms with van der Waals surface area (Å²) in [6.45, 7) is 3.96. The Labute approximate surface area is 113 Å². The van der Waals surface area contributed by atoms with Crippen LogP contribution in [0.15, 0.2) is 4.52 Å². The van der Waals surface area contributed by atoms with E-state index < -0.39 is 9.84 Å². The summed E-state index contributed by atoms with van der Waals surface area (Å²) in [7, 11) is -3.13. The normalized spacial score (nSPS) is 24.5. The Balaban J connectivity index is 2.23. The lowest BCUT2D eigenvalue weighted by atomic mass is 9.77. The van der Waals surface area contributed by atoms with Crippen LogP contribution in [0.4, 0.5) is 0 Å². The van der Waals surface area contributed by atoms with Gasteiger partial charge in [-0.05, 0) is 25.8 Å². The first-order chi connectivity index (χ1) is 8.95. The van der Waals surface area contributed by atoms with Crippen LogP contribution in [-0.2, 0) is 21.0 Å². The van der Waals surface area contributed by atoms with E-state index in [1.807, 2.05) is 0 Å². The van der Waals surface area contributed by atoms with Crippen LogP contribution < -0.4 is 5.32 Å². The van der Waals surface area contributed by atoms with Crippen molar-refractivity contribution >= 4 is 9.84 Å². The van der Waals surface area contributed by atoms with Crippen molar-refractivity contribution in [1.82, 2.24) is 15.5 Å². The van der Waals surface area contributed by atoms with Crippen LogP contribution in [0.1, 0.15) is 44.3 Å². The molecule has 108 valence electrons. The van der Waals surface area contributed by atoms with Gasteiger partial charge < -0.3 is 9.84 Å². The zero-order chi connectivity index (χ0) is 13.9. The molecule has 0 bridgehead atoms. The summed E-state index contributed by atoms with van der Waals surface area (Å²) in [5.41, 5.74) is -0.129. The second-order valence-corrected chi connectivity index (χ2v) is 7.54. The van der Waals surface area contributed by atoms with Crippen molar-refractivity contribution < 1.29 is 12.9 Å². The molecule has 1 atom stereocenters. The minimum absolute atomic E-state index is 0.129. The van der Waals surface area contributed by atoms with Crippen molar-refractivity contribution in [3.05, 3.63) is 11.7 Å². The van der Waals surface area contributed by atoms with Crippen LogP contribution in [0, 0.1) is 0 Å². The zero-order valence-electron chi connectivity index (χ0n) is 11.5. The van der Waals surface area contributed by atoms with E-state index in [9.17, 15) is 8.42 Å².